The zero-order valence-electron chi connectivity index (χ0n) is 10.3. The molecule has 1 rings (SSSR count). The lowest BCUT2D eigenvalue weighted by Gasteiger charge is -2.22. The number of unbranched alkanes of at least 4 members (excludes halogenated alkanes) is 1. The van der Waals surface area contributed by atoms with Gasteiger partial charge >= 0.3 is 0 Å². The second-order valence-electron chi connectivity index (χ2n) is 3.94. The maximum absolute atomic E-state index is 12.3. The van der Waals surface area contributed by atoms with E-state index in [1.54, 1.807) is 23.1 Å². The van der Waals surface area contributed by atoms with Gasteiger partial charge in [0, 0.05) is 19.0 Å². The predicted molar refractivity (Wildman–Crippen MR) is 78.0 cm³/mol. The van der Waals surface area contributed by atoms with Crippen molar-refractivity contribution >= 4 is 40.7 Å². The van der Waals surface area contributed by atoms with Crippen molar-refractivity contribution in [3.8, 4) is 0 Å². The number of rotatable bonds is 6. The highest BCUT2D eigenvalue weighted by Gasteiger charge is 2.18. The van der Waals surface area contributed by atoms with Crippen LogP contribution in [-0.2, 0) is 0 Å². The zero-order chi connectivity index (χ0) is 13.5. The molecule has 0 radical (unpaired) electrons. The SMILES string of the molecule is CCCCN(CCCl)C(=O)c1cccc(Cl)c1Cl. The molecule has 0 saturated carbocycles. The van der Waals surface area contributed by atoms with E-state index in [1.807, 2.05) is 0 Å². The third kappa shape index (κ3) is 4.04. The van der Waals surface area contributed by atoms with Gasteiger partial charge in [-0.25, -0.2) is 0 Å². The molecule has 100 valence electrons. The Labute approximate surface area is 123 Å². The van der Waals surface area contributed by atoms with E-state index in [0.29, 0.717) is 34.6 Å². The van der Waals surface area contributed by atoms with E-state index in [9.17, 15) is 4.79 Å². The molecule has 0 aliphatic heterocycles. The molecule has 0 atom stereocenters. The number of hydrogen-bond donors (Lipinski definition) is 0. The van der Waals surface area contributed by atoms with E-state index < -0.39 is 0 Å². The molecule has 5 heteroatoms. The second-order valence-corrected chi connectivity index (χ2v) is 5.10. The highest BCUT2D eigenvalue weighted by atomic mass is 35.5. The summed E-state index contributed by atoms with van der Waals surface area (Å²) < 4.78 is 0. The summed E-state index contributed by atoms with van der Waals surface area (Å²) in [4.78, 5) is 14.1. The van der Waals surface area contributed by atoms with Crippen molar-refractivity contribution < 1.29 is 4.79 Å². The summed E-state index contributed by atoms with van der Waals surface area (Å²) in [5.74, 6) is 0.296. The maximum Gasteiger partial charge on any atom is 0.255 e. The highest BCUT2D eigenvalue weighted by Crippen LogP contribution is 2.26. The van der Waals surface area contributed by atoms with Crippen LogP contribution in [-0.4, -0.2) is 29.8 Å². The minimum absolute atomic E-state index is 0.114. The molecule has 1 amide bonds. The maximum atomic E-state index is 12.3. The second kappa shape index (κ2) is 7.88. The van der Waals surface area contributed by atoms with Gasteiger partial charge in [0.25, 0.3) is 5.91 Å². The van der Waals surface area contributed by atoms with Crippen LogP contribution in [0.25, 0.3) is 0 Å². The van der Waals surface area contributed by atoms with Gasteiger partial charge in [0.1, 0.15) is 0 Å². The summed E-state index contributed by atoms with van der Waals surface area (Å²) in [5.41, 5.74) is 0.436. The fraction of sp³-hybridized carbons (Fsp3) is 0.462. The molecule has 0 spiro atoms. The van der Waals surface area contributed by atoms with Crippen LogP contribution in [0.5, 0.6) is 0 Å². The molecule has 0 saturated heterocycles. The number of halogens is 3. The van der Waals surface area contributed by atoms with Crippen LogP contribution in [0, 0.1) is 0 Å². The summed E-state index contributed by atoms with van der Waals surface area (Å²) in [6, 6.07) is 5.07. The number of alkyl halides is 1. The normalized spacial score (nSPS) is 10.4. The zero-order valence-corrected chi connectivity index (χ0v) is 12.5. The smallest absolute Gasteiger partial charge is 0.255 e. The summed E-state index contributed by atoms with van der Waals surface area (Å²) in [7, 11) is 0. The first-order chi connectivity index (χ1) is 8.61. The number of nitrogens with zero attached hydrogens (tertiary/aromatic N) is 1. The van der Waals surface area contributed by atoms with E-state index in [1.165, 1.54) is 0 Å². The van der Waals surface area contributed by atoms with E-state index >= 15 is 0 Å². The predicted octanol–water partition coefficient (Wildman–Crippen LogP) is 4.47. The van der Waals surface area contributed by atoms with Crippen LogP contribution >= 0.6 is 34.8 Å². The largest absolute Gasteiger partial charge is 0.337 e. The van der Waals surface area contributed by atoms with Gasteiger partial charge in [0.2, 0.25) is 0 Å². The summed E-state index contributed by atoms with van der Waals surface area (Å²) in [6.07, 6.45) is 1.97. The van der Waals surface area contributed by atoms with Crippen LogP contribution < -0.4 is 0 Å². The van der Waals surface area contributed by atoms with E-state index in [-0.39, 0.29) is 5.91 Å². The Morgan fingerprint density at radius 1 is 1.28 bits per heavy atom. The molecule has 0 fully saturated rings. The number of carbonyl (C=O) groups is 1. The summed E-state index contributed by atoms with van der Waals surface area (Å²) >= 11 is 17.7. The topological polar surface area (TPSA) is 20.3 Å². The fourth-order valence-corrected chi connectivity index (χ4v) is 2.19. The van der Waals surface area contributed by atoms with Gasteiger partial charge in [-0.2, -0.15) is 0 Å². The van der Waals surface area contributed by atoms with Gasteiger partial charge in [-0.15, -0.1) is 11.6 Å². The van der Waals surface area contributed by atoms with Crippen molar-refractivity contribution in [1.82, 2.24) is 4.90 Å². The Bertz CT molecular complexity index is 409. The van der Waals surface area contributed by atoms with E-state index in [0.717, 1.165) is 12.8 Å². The Kier molecular flexibility index (Phi) is 6.83. The molecule has 0 aliphatic rings. The molecular weight excluding hydrogens is 293 g/mol. The van der Waals surface area contributed by atoms with Crippen molar-refractivity contribution in [2.24, 2.45) is 0 Å². The molecule has 0 aromatic heterocycles. The van der Waals surface area contributed by atoms with Crippen molar-refractivity contribution in [3.05, 3.63) is 33.8 Å². The Morgan fingerprint density at radius 3 is 2.61 bits per heavy atom. The van der Waals surface area contributed by atoms with Gasteiger partial charge in [0.05, 0.1) is 15.6 Å². The first-order valence-corrected chi connectivity index (χ1v) is 7.20. The van der Waals surface area contributed by atoms with Crippen molar-refractivity contribution in [2.45, 2.75) is 19.8 Å². The molecule has 0 heterocycles. The van der Waals surface area contributed by atoms with Crippen molar-refractivity contribution in [1.29, 1.82) is 0 Å². The third-order valence-corrected chi connectivity index (χ3v) is 3.59. The summed E-state index contributed by atoms with van der Waals surface area (Å²) in [5, 5.41) is 0.698. The molecule has 0 aliphatic carbocycles. The van der Waals surface area contributed by atoms with E-state index in [4.69, 9.17) is 34.8 Å². The first kappa shape index (κ1) is 15.6. The standard InChI is InChI=1S/C13H16Cl3NO/c1-2-3-8-17(9-7-14)13(18)10-5-4-6-11(15)12(10)16/h4-6H,2-3,7-9H2,1H3. The van der Waals surface area contributed by atoms with E-state index in [2.05, 4.69) is 6.92 Å². The quantitative estimate of drug-likeness (QED) is 0.710. The van der Waals surface area contributed by atoms with Crippen molar-refractivity contribution in [3.63, 3.8) is 0 Å². The Morgan fingerprint density at radius 2 is 2.00 bits per heavy atom. The minimum atomic E-state index is -0.114. The average Bonchev–Trinajstić information content (AvgIpc) is 2.37. The number of hydrogen-bond acceptors (Lipinski definition) is 1. The minimum Gasteiger partial charge on any atom is -0.337 e. The van der Waals surface area contributed by atoms with Gasteiger partial charge < -0.3 is 4.90 Å². The number of carbonyl (C=O) groups excluding carboxylic acids is 1. The third-order valence-electron chi connectivity index (χ3n) is 2.61. The number of benzene rings is 1. The van der Waals surface area contributed by atoms with Gasteiger partial charge in [0.15, 0.2) is 0 Å². The molecule has 1 aromatic rings. The molecule has 18 heavy (non-hydrogen) atoms. The first-order valence-electron chi connectivity index (χ1n) is 5.91. The Hall–Kier alpha value is -0.440. The van der Waals surface area contributed by atoms with Crippen LogP contribution in [0.3, 0.4) is 0 Å². The monoisotopic (exact) mass is 307 g/mol. The highest BCUT2D eigenvalue weighted by molar-refractivity contribution is 6.43. The molecule has 1 aromatic carbocycles. The van der Waals surface area contributed by atoms with Gasteiger partial charge in [-0.3, -0.25) is 4.79 Å². The molecule has 0 unspecified atom stereocenters. The average molecular weight is 309 g/mol. The number of amides is 1. The van der Waals surface area contributed by atoms with Crippen LogP contribution in [0.2, 0.25) is 10.0 Å². The van der Waals surface area contributed by atoms with Crippen molar-refractivity contribution in [2.75, 3.05) is 19.0 Å². The lowest BCUT2D eigenvalue weighted by atomic mass is 10.2. The lowest BCUT2D eigenvalue weighted by molar-refractivity contribution is 0.0763. The fourth-order valence-electron chi connectivity index (χ4n) is 1.61. The van der Waals surface area contributed by atoms with Gasteiger partial charge in [-0.05, 0) is 18.6 Å². The van der Waals surface area contributed by atoms with Gasteiger partial charge in [-0.1, -0.05) is 42.6 Å². The Balaban J connectivity index is 2.90. The molecular formula is C13H16Cl3NO. The molecule has 2 nitrogen and oxygen atoms in total. The molecule has 0 N–H and O–H groups in total. The van der Waals surface area contributed by atoms with Crippen LogP contribution in [0.1, 0.15) is 30.1 Å². The van der Waals surface area contributed by atoms with Crippen LogP contribution in [0.15, 0.2) is 18.2 Å². The molecule has 0 bridgehead atoms. The lowest BCUT2D eigenvalue weighted by Crippen LogP contribution is -2.33. The van der Waals surface area contributed by atoms with Crippen LogP contribution in [0.4, 0.5) is 0 Å². The summed E-state index contributed by atoms with van der Waals surface area (Å²) in [6.45, 7) is 3.28.